The number of halogens is 2. The van der Waals surface area contributed by atoms with Gasteiger partial charge in [0.1, 0.15) is 0 Å². The number of hydrogen-bond donors (Lipinski definition) is 2. The van der Waals surface area contributed by atoms with E-state index in [1.54, 1.807) is 13.0 Å². The van der Waals surface area contributed by atoms with Crippen molar-refractivity contribution < 1.29 is 4.79 Å². The molecule has 1 unspecified atom stereocenters. The highest BCUT2D eigenvalue weighted by atomic mass is 35.5. The SMILES string of the molecule is CC(S)C(=O)NCc1cc(Cl)sc1Cl. The molecule has 0 fully saturated rings. The summed E-state index contributed by atoms with van der Waals surface area (Å²) in [5.41, 5.74) is 0.837. The molecule has 1 atom stereocenters. The summed E-state index contributed by atoms with van der Waals surface area (Å²) in [6.45, 7) is 2.10. The molecular formula is C8H9Cl2NOS2. The third-order valence-corrected chi connectivity index (χ3v) is 3.36. The molecule has 0 aliphatic rings. The number of thiophene rings is 1. The maximum absolute atomic E-state index is 11.2. The number of rotatable bonds is 3. The zero-order chi connectivity index (χ0) is 10.7. The Kier molecular flexibility index (Phi) is 4.57. The number of carbonyl (C=O) groups excluding carboxylic acids is 1. The zero-order valence-electron chi connectivity index (χ0n) is 7.38. The van der Waals surface area contributed by atoms with Crippen molar-refractivity contribution in [2.45, 2.75) is 18.7 Å². The molecule has 1 N–H and O–H groups in total. The van der Waals surface area contributed by atoms with Gasteiger partial charge < -0.3 is 5.32 Å². The summed E-state index contributed by atoms with van der Waals surface area (Å²) >= 11 is 16.9. The Morgan fingerprint density at radius 1 is 1.71 bits per heavy atom. The van der Waals surface area contributed by atoms with E-state index in [9.17, 15) is 4.79 Å². The van der Waals surface area contributed by atoms with Crippen LogP contribution in [0.3, 0.4) is 0 Å². The van der Waals surface area contributed by atoms with Crippen molar-refractivity contribution in [1.29, 1.82) is 0 Å². The summed E-state index contributed by atoms with van der Waals surface area (Å²) in [6.07, 6.45) is 0. The van der Waals surface area contributed by atoms with Crippen LogP contribution in [0.4, 0.5) is 0 Å². The Hall–Kier alpha value is 0.1000. The molecule has 1 heterocycles. The molecule has 0 radical (unpaired) electrons. The fraction of sp³-hybridized carbons (Fsp3) is 0.375. The lowest BCUT2D eigenvalue weighted by Gasteiger charge is -2.05. The van der Waals surface area contributed by atoms with E-state index in [0.717, 1.165) is 5.56 Å². The minimum absolute atomic E-state index is 0.119. The van der Waals surface area contributed by atoms with E-state index in [4.69, 9.17) is 23.2 Å². The summed E-state index contributed by atoms with van der Waals surface area (Å²) in [5, 5.41) is 2.38. The minimum Gasteiger partial charge on any atom is -0.351 e. The highest BCUT2D eigenvalue weighted by molar-refractivity contribution is 7.81. The van der Waals surface area contributed by atoms with Crippen LogP contribution in [0.2, 0.25) is 8.67 Å². The smallest absolute Gasteiger partial charge is 0.232 e. The van der Waals surface area contributed by atoms with Gasteiger partial charge in [-0.1, -0.05) is 23.2 Å². The first kappa shape index (κ1) is 12.2. The van der Waals surface area contributed by atoms with Crippen molar-refractivity contribution in [2.75, 3.05) is 0 Å². The molecule has 6 heteroatoms. The van der Waals surface area contributed by atoms with Crippen LogP contribution in [0, 0.1) is 0 Å². The first-order chi connectivity index (χ1) is 6.50. The van der Waals surface area contributed by atoms with Gasteiger partial charge >= 0.3 is 0 Å². The van der Waals surface area contributed by atoms with Crippen LogP contribution in [-0.4, -0.2) is 11.2 Å². The monoisotopic (exact) mass is 269 g/mol. The van der Waals surface area contributed by atoms with Crippen LogP contribution in [0.5, 0.6) is 0 Å². The largest absolute Gasteiger partial charge is 0.351 e. The molecule has 1 aromatic heterocycles. The van der Waals surface area contributed by atoms with Crippen LogP contribution >= 0.6 is 47.2 Å². The highest BCUT2D eigenvalue weighted by Crippen LogP contribution is 2.30. The van der Waals surface area contributed by atoms with Crippen molar-refractivity contribution in [1.82, 2.24) is 5.32 Å². The number of carbonyl (C=O) groups is 1. The Morgan fingerprint density at radius 3 is 2.79 bits per heavy atom. The fourth-order valence-corrected chi connectivity index (χ4v) is 2.40. The molecule has 1 rings (SSSR count). The molecule has 1 amide bonds. The molecule has 1 aromatic rings. The molecule has 0 bridgehead atoms. The number of hydrogen-bond acceptors (Lipinski definition) is 3. The summed E-state index contributed by atoms with van der Waals surface area (Å²) in [5.74, 6) is -0.119. The van der Waals surface area contributed by atoms with Gasteiger partial charge in [0.05, 0.1) is 13.9 Å². The average molecular weight is 270 g/mol. The number of nitrogens with one attached hydrogen (secondary N) is 1. The molecule has 0 saturated carbocycles. The second-order valence-corrected chi connectivity index (χ2v) is 5.80. The number of thiol groups is 1. The van der Waals surface area contributed by atoms with E-state index >= 15 is 0 Å². The lowest BCUT2D eigenvalue weighted by molar-refractivity contribution is -0.120. The van der Waals surface area contributed by atoms with Gasteiger partial charge in [0, 0.05) is 12.1 Å². The Morgan fingerprint density at radius 2 is 2.36 bits per heavy atom. The third kappa shape index (κ3) is 3.35. The van der Waals surface area contributed by atoms with Crippen molar-refractivity contribution in [2.24, 2.45) is 0 Å². The third-order valence-electron chi connectivity index (χ3n) is 1.56. The van der Waals surface area contributed by atoms with Gasteiger partial charge in [0.2, 0.25) is 5.91 Å². The molecule has 0 aliphatic heterocycles. The van der Waals surface area contributed by atoms with E-state index in [1.807, 2.05) is 0 Å². The fourth-order valence-electron chi connectivity index (χ4n) is 0.825. The maximum atomic E-state index is 11.2. The van der Waals surface area contributed by atoms with Gasteiger partial charge in [-0.25, -0.2) is 0 Å². The van der Waals surface area contributed by atoms with Crippen molar-refractivity contribution >= 4 is 53.1 Å². The highest BCUT2D eigenvalue weighted by Gasteiger charge is 2.10. The van der Waals surface area contributed by atoms with E-state index in [2.05, 4.69) is 17.9 Å². The molecule has 0 aromatic carbocycles. The van der Waals surface area contributed by atoms with Crippen LogP contribution in [0.1, 0.15) is 12.5 Å². The first-order valence-electron chi connectivity index (χ1n) is 3.90. The molecule has 14 heavy (non-hydrogen) atoms. The second-order valence-electron chi connectivity index (χ2n) is 2.74. The summed E-state index contributed by atoms with van der Waals surface area (Å²) < 4.78 is 1.24. The molecular weight excluding hydrogens is 261 g/mol. The average Bonchev–Trinajstić information content (AvgIpc) is 2.40. The van der Waals surface area contributed by atoms with Crippen molar-refractivity contribution in [3.05, 3.63) is 20.3 Å². The first-order valence-corrected chi connectivity index (χ1v) is 5.99. The lowest BCUT2D eigenvalue weighted by Crippen LogP contribution is -2.28. The zero-order valence-corrected chi connectivity index (χ0v) is 10.6. The van der Waals surface area contributed by atoms with E-state index in [-0.39, 0.29) is 11.2 Å². The maximum Gasteiger partial charge on any atom is 0.232 e. The predicted octanol–water partition coefficient (Wildman–Crippen LogP) is 2.99. The van der Waals surface area contributed by atoms with Crippen LogP contribution in [0.25, 0.3) is 0 Å². The molecule has 0 aliphatic carbocycles. The molecule has 0 spiro atoms. The van der Waals surface area contributed by atoms with Gasteiger partial charge in [0.15, 0.2) is 0 Å². The van der Waals surface area contributed by atoms with Gasteiger partial charge in [0.25, 0.3) is 0 Å². The molecule has 78 valence electrons. The van der Waals surface area contributed by atoms with Gasteiger partial charge in [-0.2, -0.15) is 12.6 Å². The second kappa shape index (κ2) is 5.26. The summed E-state index contributed by atoms with van der Waals surface area (Å²) in [7, 11) is 0. The minimum atomic E-state index is -0.317. The van der Waals surface area contributed by atoms with Crippen molar-refractivity contribution in [3.63, 3.8) is 0 Å². The topological polar surface area (TPSA) is 29.1 Å². The quantitative estimate of drug-likeness (QED) is 0.812. The van der Waals surface area contributed by atoms with Crippen LogP contribution < -0.4 is 5.32 Å². The molecule has 2 nitrogen and oxygen atoms in total. The predicted molar refractivity (Wildman–Crippen MR) is 64.6 cm³/mol. The van der Waals surface area contributed by atoms with Crippen molar-refractivity contribution in [3.8, 4) is 0 Å². The number of amides is 1. The van der Waals surface area contributed by atoms with E-state index in [0.29, 0.717) is 15.2 Å². The molecule has 0 saturated heterocycles. The normalized spacial score (nSPS) is 12.6. The van der Waals surface area contributed by atoms with Crippen LogP contribution in [0.15, 0.2) is 6.07 Å². The van der Waals surface area contributed by atoms with E-state index < -0.39 is 0 Å². The van der Waals surface area contributed by atoms with Gasteiger partial charge in [-0.05, 0) is 13.0 Å². The van der Waals surface area contributed by atoms with Gasteiger partial charge in [-0.3, -0.25) is 4.79 Å². The lowest BCUT2D eigenvalue weighted by atomic mass is 10.3. The Bertz CT molecular complexity index is 338. The van der Waals surface area contributed by atoms with E-state index in [1.165, 1.54) is 11.3 Å². The summed E-state index contributed by atoms with van der Waals surface area (Å²) in [6, 6.07) is 1.75. The standard InChI is InChI=1S/C8H9Cl2NOS2/c1-4(13)8(12)11-3-5-2-6(9)14-7(5)10/h2,4,13H,3H2,1H3,(H,11,12). The Labute approximate surface area is 102 Å². The Balaban J connectivity index is 2.54. The summed E-state index contributed by atoms with van der Waals surface area (Å²) in [4.78, 5) is 11.2. The van der Waals surface area contributed by atoms with Crippen LogP contribution in [-0.2, 0) is 11.3 Å². The van der Waals surface area contributed by atoms with Gasteiger partial charge in [-0.15, -0.1) is 11.3 Å².